The van der Waals surface area contributed by atoms with Crippen molar-refractivity contribution in [1.82, 2.24) is 9.78 Å². The molecule has 84 valence electrons. The van der Waals surface area contributed by atoms with Gasteiger partial charge in [0, 0.05) is 18.3 Å². The average Bonchev–Trinajstić information content (AvgIpc) is 2.60. The monoisotopic (exact) mass is 220 g/mol. The molecule has 0 aliphatic rings. The molecular formula is C12H13FN2O. The number of rotatable bonds is 2. The number of aliphatic hydroxyl groups is 1. The van der Waals surface area contributed by atoms with Gasteiger partial charge in [0.05, 0.1) is 6.20 Å². The predicted octanol–water partition coefficient (Wildman–Crippen LogP) is 1.95. The number of benzene rings is 1. The Morgan fingerprint density at radius 3 is 2.44 bits per heavy atom. The van der Waals surface area contributed by atoms with Gasteiger partial charge >= 0.3 is 0 Å². The van der Waals surface area contributed by atoms with E-state index in [0.29, 0.717) is 5.56 Å². The Labute approximate surface area is 93.2 Å². The van der Waals surface area contributed by atoms with Crippen molar-refractivity contribution in [1.29, 1.82) is 0 Å². The van der Waals surface area contributed by atoms with E-state index in [1.54, 1.807) is 23.0 Å². The lowest BCUT2D eigenvalue weighted by molar-refractivity contribution is 0.219. The van der Waals surface area contributed by atoms with Crippen LogP contribution in [0, 0.1) is 12.7 Å². The second-order valence-corrected chi connectivity index (χ2v) is 3.76. The van der Waals surface area contributed by atoms with Gasteiger partial charge in [-0.3, -0.25) is 4.68 Å². The van der Waals surface area contributed by atoms with Gasteiger partial charge in [-0.15, -0.1) is 0 Å². The summed E-state index contributed by atoms with van der Waals surface area (Å²) in [5.74, 6) is -0.307. The smallest absolute Gasteiger partial charge is 0.123 e. The molecule has 1 unspecified atom stereocenters. The quantitative estimate of drug-likeness (QED) is 0.840. The van der Waals surface area contributed by atoms with Gasteiger partial charge in [0.2, 0.25) is 0 Å². The molecule has 2 aromatic rings. The standard InChI is InChI=1S/C12H13FN2O/c1-8-11(7-14-15(8)2)12(16)9-3-5-10(13)6-4-9/h3-7,12,16H,1-2H3. The normalized spacial score (nSPS) is 12.8. The van der Waals surface area contributed by atoms with Gasteiger partial charge in [0.1, 0.15) is 11.9 Å². The largest absolute Gasteiger partial charge is 0.384 e. The maximum atomic E-state index is 12.7. The van der Waals surface area contributed by atoms with Crippen molar-refractivity contribution in [3.8, 4) is 0 Å². The number of nitrogens with zero attached hydrogens (tertiary/aromatic N) is 2. The van der Waals surface area contributed by atoms with Crippen LogP contribution in [0.3, 0.4) is 0 Å². The fourth-order valence-electron chi connectivity index (χ4n) is 1.61. The first kappa shape index (κ1) is 10.8. The zero-order valence-corrected chi connectivity index (χ0v) is 9.18. The van der Waals surface area contributed by atoms with E-state index in [4.69, 9.17) is 0 Å². The van der Waals surface area contributed by atoms with Crippen molar-refractivity contribution < 1.29 is 9.50 Å². The number of aromatic nitrogens is 2. The van der Waals surface area contributed by atoms with Crippen LogP contribution in [0.15, 0.2) is 30.5 Å². The Morgan fingerprint density at radius 1 is 1.31 bits per heavy atom. The van der Waals surface area contributed by atoms with E-state index in [2.05, 4.69) is 5.10 Å². The van der Waals surface area contributed by atoms with Crippen LogP contribution in [0.25, 0.3) is 0 Å². The molecule has 0 bridgehead atoms. The van der Waals surface area contributed by atoms with E-state index in [-0.39, 0.29) is 5.82 Å². The highest BCUT2D eigenvalue weighted by Gasteiger charge is 2.15. The third kappa shape index (κ3) is 1.84. The zero-order chi connectivity index (χ0) is 11.7. The van der Waals surface area contributed by atoms with E-state index >= 15 is 0 Å². The van der Waals surface area contributed by atoms with Crippen molar-refractivity contribution in [3.05, 3.63) is 53.1 Å². The van der Waals surface area contributed by atoms with Gasteiger partial charge in [-0.2, -0.15) is 5.10 Å². The van der Waals surface area contributed by atoms with E-state index in [9.17, 15) is 9.50 Å². The summed E-state index contributed by atoms with van der Waals surface area (Å²) in [7, 11) is 1.82. The van der Waals surface area contributed by atoms with Gasteiger partial charge in [0.25, 0.3) is 0 Å². The Balaban J connectivity index is 2.35. The molecule has 0 aliphatic carbocycles. The Bertz CT molecular complexity index is 490. The molecule has 0 spiro atoms. The molecular weight excluding hydrogens is 207 g/mol. The van der Waals surface area contributed by atoms with Crippen LogP contribution in [-0.2, 0) is 7.05 Å². The van der Waals surface area contributed by atoms with Crippen LogP contribution in [0.5, 0.6) is 0 Å². The van der Waals surface area contributed by atoms with Crippen molar-refractivity contribution in [2.24, 2.45) is 7.05 Å². The molecule has 1 N–H and O–H groups in total. The highest BCUT2D eigenvalue weighted by atomic mass is 19.1. The predicted molar refractivity (Wildman–Crippen MR) is 58.4 cm³/mol. The van der Waals surface area contributed by atoms with Gasteiger partial charge in [0.15, 0.2) is 0 Å². The molecule has 0 aliphatic heterocycles. The summed E-state index contributed by atoms with van der Waals surface area (Å²) in [6.07, 6.45) is 0.873. The van der Waals surface area contributed by atoms with Crippen molar-refractivity contribution in [2.75, 3.05) is 0 Å². The first-order chi connectivity index (χ1) is 7.59. The van der Waals surface area contributed by atoms with Crippen LogP contribution in [0.1, 0.15) is 22.9 Å². The zero-order valence-electron chi connectivity index (χ0n) is 9.18. The number of hydrogen-bond donors (Lipinski definition) is 1. The minimum atomic E-state index is -0.755. The van der Waals surface area contributed by atoms with Crippen LogP contribution in [-0.4, -0.2) is 14.9 Å². The molecule has 1 atom stereocenters. The van der Waals surface area contributed by atoms with Gasteiger partial charge in [-0.05, 0) is 24.6 Å². The van der Waals surface area contributed by atoms with Gasteiger partial charge in [-0.1, -0.05) is 12.1 Å². The van der Waals surface area contributed by atoms with Crippen LogP contribution < -0.4 is 0 Å². The molecule has 3 nitrogen and oxygen atoms in total. The fourth-order valence-corrected chi connectivity index (χ4v) is 1.61. The summed E-state index contributed by atoms with van der Waals surface area (Å²) >= 11 is 0. The third-order valence-corrected chi connectivity index (χ3v) is 2.75. The molecule has 1 heterocycles. The third-order valence-electron chi connectivity index (χ3n) is 2.75. The van der Waals surface area contributed by atoms with Gasteiger partial charge < -0.3 is 5.11 Å². The molecule has 2 rings (SSSR count). The SMILES string of the molecule is Cc1c(C(O)c2ccc(F)cc2)cnn1C. The lowest BCUT2D eigenvalue weighted by atomic mass is 10.0. The molecule has 0 saturated heterocycles. The minimum Gasteiger partial charge on any atom is -0.384 e. The first-order valence-corrected chi connectivity index (χ1v) is 5.01. The van der Waals surface area contributed by atoms with Crippen molar-refractivity contribution >= 4 is 0 Å². The van der Waals surface area contributed by atoms with E-state index in [0.717, 1.165) is 11.3 Å². The summed E-state index contributed by atoms with van der Waals surface area (Å²) in [6.45, 7) is 1.88. The highest BCUT2D eigenvalue weighted by molar-refractivity contribution is 5.30. The maximum absolute atomic E-state index is 12.7. The van der Waals surface area contributed by atoms with Crippen LogP contribution in [0.2, 0.25) is 0 Å². The van der Waals surface area contributed by atoms with Crippen LogP contribution in [0.4, 0.5) is 4.39 Å². The Kier molecular flexibility index (Phi) is 2.75. The number of aryl methyl sites for hydroxylation is 1. The molecule has 1 aromatic heterocycles. The number of hydrogen-bond acceptors (Lipinski definition) is 2. The molecule has 0 radical (unpaired) electrons. The Hall–Kier alpha value is -1.68. The van der Waals surface area contributed by atoms with E-state index in [1.807, 2.05) is 14.0 Å². The molecule has 1 aromatic carbocycles. The molecule has 4 heteroatoms. The average molecular weight is 220 g/mol. The topological polar surface area (TPSA) is 38.1 Å². The fraction of sp³-hybridized carbons (Fsp3) is 0.250. The maximum Gasteiger partial charge on any atom is 0.123 e. The van der Waals surface area contributed by atoms with Gasteiger partial charge in [-0.25, -0.2) is 4.39 Å². The molecule has 0 amide bonds. The molecule has 0 saturated carbocycles. The molecule has 0 fully saturated rings. The van der Waals surface area contributed by atoms with E-state index < -0.39 is 6.10 Å². The van der Waals surface area contributed by atoms with Crippen LogP contribution >= 0.6 is 0 Å². The second kappa shape index (κ2) is 4.06. The Morgan fingerprint density at radius 2 is 1.94 bits per heavy atom. The number of aliphatic hydroxyl groups excluding tert-OH is 1. The summed E-state index contributed by atoms with van der Waals surface area (Å²) in [5.41, 5.74) is 2.31. The first-order valence-electron chi connectivity index (χ1n) is 5.01. The number of halogens is 1. The lowest BCUT2D eigenvalue weighted by Crippen LogP contribution is -2.02. The summed E-state index contributed by atoms with van der Waals surface area (Å²) < 4.78 is 14.4. The summed E-state index contributed by atoms with van der Waals surface area (Å²) in [4.78, 5) is 0. The summed E-state index contributed by atoms with van der Waals surface area (Å²) in [5, 5.41) is 14.2. The lowest BCUT2D eigenvalue weighted by Gasteiger charge is -2.10. The molecule has 16 heavy (non-hydrogen) atoms. The van der Waals surface area contributed by atoms with Crippen molar-refractivity contribution in [3.63, 3.8) is 0 Å². The highest BCUT2D eigenvalue weighted by Crippen LogP contribution is 2.24. The second-order valence-electron chi connectivity index (χ2n) is 3.76. The van der Waals surface area contributed by atoms with E-state index in [1.165, 1.54) is 12.1 Å². The van der Waals surface area contributed by atoms with Crippen molar-refractivity contribution in [2.45, 2.75) is 13.0 Å². The summed E-state index contributed by atoms with van der Waals surface area (Å²) in [6, 6.07) is 5.83. The minimum absolute atomic E-state index is 0.307.